The van der Waals surface area contributed by atoms with E-state index in [4.69, 9.17) is 4.99 Å². The van der Waals surface area contributed by atoms with E-state index < -0.39 is 11.6 Å². The molecule has 0 aromatic heterocycles. The van der Waals surface area contributed by atoms with Crippen molar-refractivity contribution in [3.63, 3.8) is 0 Å². The van der Waals surface area contributed by atoms with Crippen LogP contribution in [-0.4, -0.2) is 44.0 Å². The van der Waals surface area contributed by atoms with Gasteiger partial charge in [-0.15, -0.1) is 0 Å². The first-order valence-corrected chi connectivity index (χ1v) is 13.5. The minimum absolute atomic E-state index is 0.211. The highest BCUT2D eigenvalue weighted by Gasteiger charge is 2.20. The molecule has 0 unspecified atom stereocenters. The molecule has 0 bridgehead atoms. The standard InChI is InChI=1S/C32H33F2N5O/c1-4-21-12-13-22-8-7-11-26(23-9-6-10-24(18-23)35-29(40)5-2)30(22)36-32(21)37-31-27(33)19-25(20-28(31)34)39-16-14-38(3)15-17-39/h5-11,13,18-20,37H,2,4,12,14-17H2,1,3H3,(H,35,40). The monoisotopic (exact) mass is 541 g/mol. The molecule has 2 aliphatic rings. The van der Waals surface area contributed by atoms with E-state index in [2.05, 4.69) is 28.2 Å². The van der Waals surface area contributed by atoms with Crippen molar-refractivity contribution >= 4 is 29.0 Å². The maximum atomic E-state index is 15.4. The number of hydrogen-bond donors (Lipinski definition) is 2. The zero-order valence-electron chi connectivity index (χ0n) is 22.8. The van der Waals surface area contributed by atoms with E-state index in [1.165, 1.54) is 18.2 Å². The molecule has 206 valence electrons. The molecule has 2 aliphatic heterocycles. The Bertz CT molecular complexity index is 1580. The van der Waals surface area contributed by atoms with Crippen LogP contribution >= 0.6 is 0 Å². The summed E-state index contributed by atoms with van der Waals surface area (Å²) in [7, 11) is 2.04. The van der Waals surface area contributed by atoms with Gasteiger partial charge >= 0.3 is 0 Å². The van der Waals surface area contributed by atoms with Gasteiger partial charge in [0, 0.05) is 43.1 Å². The average molecular weight is 542 g/mol. The second-order valence-corrected chi connectivity index (χ2v) is 10.0. The lowest BCUT2D eigenvalue weighted by Crippen LogP contribution is -2.44. The van der Waals surface area contributed by atoms with E-state index >= 15 is 8.78 Å². The van der Waals surface area contributed by atoms with Crippen LogP contribution in [0.4, 0.5) is 25.8 Å². The Morgan fingerprint density at radius 3 is 2.48 bits per heavy atom. The zero-order chi connectivity index (χ0) is 28.2. The maximum Gasteiger partial charge on any atom is 0.247 e. The van der Waals surface area contributed by atoms with Crippen molar-refractivity contribution in [3.05, 3.63) is 101 Å². The maximum absolute atomic E-state index is 15.4. The fourth-order valence-electron chi connectivity index (χ4n) is 5.04. The van der Waals surface area contributed by atoms with Crippen molar-refractivity contribution < 1.29 is 13.6 Å². The Balaban J connectivity index is 1.53. The first kappa shape index (κ1) is 27.3. The fourth-order valence-corrected chi connectivity index (χ4v) is 5.04. The Morgan fingerprint density at radius 2 is 1.77 bits per heavy atom. The fraction of sp³-hybridized carbons (Fsp3) is 0.250. The van der Waals surface area contributed by atoms with Crippen molar-refractivity contribution in [3.8, 4) is 11.1 Å². The van der Waals surface area contributed by atoms with Crippen molar-refractivity contribution in [1.29, 1.82) is 0 Å². The van der Waals surface area contributed by atoms with Crippen LogP contribution in [0.3, 0.4) is 0 Å². The highest BCUT2D eigenvalue weighted by molar-refractivity contribution is 5.99. The number of fused-ring (bicyclic) bond motifs is 1. The highest BCUT2D eigenvalue weighted by atomic mass is 19.1. The molecular formula is C32H33F2N5O. The Labute approximate surface area is 233 Å². The predicted molar refractivity (Wildman–Crippen MR) is 158 cm³/mol. The number of halogens is 2. The van der Waals surface area contributed by atoms with Gasteiger partial charge in [-0.2, -0.15) is 0 Å². The number of likely N-dealkylation sites (N-methyl/N-ethyl adjacent to an activating group) is 1. The first-order chi connectivity index (χ1) is 19.4. The first-order valence-electron chi connectivity index (χ1n) is 13.5. The minimum atomic E-state index is -0.653. The Hall–Kier alpha value is -4.30. The van der Waals surface area contributed by atoms with E-state index in [1.807, 2.05) is 55.3 Å². The topological polar surface area (TPSA) is 60.0 Å². The normalized spacial score (nSPS) is 15.4. The SMILES string of the molecule is C=CC(=O)Nc1cccc(-c2cccc3c2=NC(Nc2c(F)cc(N4CCN(C)CC4)cc2F)=C(CC)CC=3)c1. The number of piperazine rings is 1. The van der Waals surface area contributed by atoms with E-state index in [0.29, 0.717) is 35.4 Å². The van der Waals surface area contributed by atoms with E-state index in [-0.39, 0.29) is 11.6 Å². The molecule has 0 atom stereocenters. The number of amides is 1. The number of nitrogens with zero attached hydrogens (tertiary/aromatic N) is 3. The van der Waals surface area contributed by atoms with Crippen molar-refractivity contribution in [2.24, 2.45) is 4.99 Å². The Morgan fingerprint density at radius 1 is 1.05 bits per heavy atom. The van der Waals surface area contributed by atoms with Crippen LogP contribution in [0.1, 0.15) is 19.8 Å². The van der Waals surface area contributed by atoms with E-state index in [1.54, 1.807) is 6.07 Å². The summed E-state index contributed by atoms with van der Waals surface area (Å²) in [6.45, 7) is 8.64. The molecule has 2 heterocycles. The number of rotatable bonds is 7. The van der Waals surface area contributed by atoms with Gasteiger partial charge in [0.05, 0.1) is 5.36 Å². The molecule has 3 aromatic carbocycles. The third kappa shape index (κ3) is 5.82. The summed E-state index contributed by atoms with van der Waals surface area (Å²) in [6, 6.07) is 16.1. The van der Waals surface area contributed by atoms with Crippen LogP contribution in [0.5, 0.6) is 0 Å². The van der Waals surface area contributed by atoms with Crippen LogP contribution < -0.4 is 26.1 Å². The van der Waals surface area contributed by atoms with Crippen LogP contribution in [-0.2, 0) is 4.79 Å². The molecule has 5 rings (SSSR count). The second-order valence-electron chi connectivity index (χ2n) is 10.0. The number of carbonyl (C=O) groups excluding carboxylic acids is 1. The van der Waals surface area contributed by atoms with Crippen molar-refractivity contribution in [1.82, 2.24) is 4.90 Å². The quantitative estimate of drug-likeness (QED) is 0.412. The van der Waals surface area contributed by atoms with Gasteiger partial charge in [-0.1, -0.05) is 49.9 Å². The number of carbonyl (C=O) groups is 1. The van der Waals surface area contributed by atoms with Crippen LogP contribution in [0, 0.1) is 11.6 Å². The number of allylic oxidation sites excluding steroid dienone is 1. The van der Waals surface area contributed by atoms with E-state index in [0.717, 1.165) is 48.1 Å². The van der Waals surface area contributed by atoms with Crippen LogP contribution in [0.2, 0.25) is 0 Å². The van der Waals surface area contributed by atoms with E-state index in [9.17, 15) is 4.79 Å². The second kappa shape index (κ2) is 11.8. The third-order valence-corrected chi connectivity index (χ3v) is 7.39. The van der Waals surface area contributed by atoms with Gasteiger partial charge in [-0.05, 0) is 66.6 Å². The number of benzene rings is 3. The predicted octanol–water partition coefficient (Wildman–Crippen LogP) is 5.05. The Kier molecular flexibility index (Phi) is 8.07. The van der Waals surface area contributed by atoms with Gasteiger partial charge in [0.1, 0.15) is 11.5 Å². The summed E-state index contributed by atoms with van der Waals surface area (Å²) >= 11 is 0. The number of hydrogen-bond acceptors (Lipinski definition) is 5. The summed E-state index contributed by atoms with van der Waals surface area (Å²) in [4.78, 5) is 21.0. The molecule has 0 saturated carbocycles. The molecule has 6 nitrogen and oxygen atoms in total. The summed E-state index contributed by atoms with van der Waals surface area (Å²) in [5, 5.41) is 7.41. The smallest absolute Gasteiger partial charge is 0.247 e. The number of anilines is 3. The number of para-hydroxylation sites is 1. The lowest BCUT2D eigenvalue weighted by atomic mass is 10.0. The zero-order valence-corrected chi connectivity index (χ0v) is 22.8. The lowest BCUT2D eigenvalue weighted by Gasteiger charge is -2.34. The average Bonchev–Trinajstić information content (AvgIpc) is 3.14. The summed E-state index contributed by atoms with van der Waals surface area (Å²) in [5.74, 6) is -1.17. The van der Waals surface area contributed by atoms with Crippen LogP contribution in [0.25, 0.3) is 17.2 Å². The molecule has 1 fully saturated rings. The van der Waals surface area contributed by atoms with Gasteiger partial charge in [0.25, 0.3) is 0 Å². The summed E-state index contributed by atoms with van der Waals surface area (Å²) in [5.41, 5.74) is 3.59. The molecule has 1 amide bonds. The largest absolute Gasteiger partial charge is 0.369 e. The van der Waals surface area contributed by atoms with Gasteiger partial charge < -0.3 is 20.4 Å². The van der Waals surface area contributed by atoms with Crippen molar-refractivity contribution in [2.75, 3.05) is 48.8 Å². The molecule has 0 spiro atoms. The summed E-state index contributed by atoms with van der Waals surface area (Å²) in [6.07, 6.45) is 4.56. The molecule has 1 saturated heterocycles. The molecule has 8 heteroatoms. The third-order valence-electron chi connectivity index (χ3n) is 7.39. The molecular weight excluding hydrogens is 508 g/mol. The molecule has 0 radical (unpaired) electrons. The highest BCUT2D eigenvalue weighted by Crippen LogP contribution is 2.29. The number of nitrogens with one attached hydrogen (secondary N) is 2. The molecule has 0 aliphatic carbocycles. The minimum Gasteiger partial charge on any atom is -0.369 e. The lowest BCUT2D eigenvalue weighted by molar-refractivity contribution is -0.111. The van der Waals surface area contributed by atoms with Gasteiger partial charge in [-0.25, -0.2) is 13.8 Å². The molecule has 40 heavy (non-hydrogen) atoms. The van der Waals surface area contributed by atoms with Gasteiger partial charge in [-0.3, -0.25) is 4.79 Å². The summed E-state index contributed by atoms with van der Waals surface area (Å²) < 4.78 is 30.8. The molecule has 3 aromatic rings. The molecule has 2 N–H and O–H groups in total. The van der Waals surface area contributed by atoms with Crippen LogP contribution in [0.15, 0.2) is 83.6 Å². The van der Waals surface area contributed by atoms with Gasteiger partial charge in [0.15, 0.2) is 11.6 Å². The van der Waals surface area contributed by atoms with Crippen molar-refractivity contribution in [2.45, 2.75) is 19.8 Å². The van der Waals surface area contributed by atoms with Gasteiger partial charge in [0.2, 0.25) is 5.91 Å².